The van der Waals surface area contributed by atoms with E-state index in [1.165, 1.54) is 77.6 Å². The number of thiazole rings is 1. The molecule has 0 spiro atoms. The van der Waals surface area contributed by atoms with E-state index < -0.39 is 0 Å². The molecule has 3 aromatic rings. The summed E-state index contributed by atoms with van der Waals surface area (Å²) >= 11 is 3.83. The van der Waals surface area contributed by atoms with E-state index in [2.05, 4.69) is 34.7 Å². The average molecular weight is 426 g/mol. The highest BCUT2D eigenvalue weighted by Gasteiger charge is 2.25. The first-order chi connectivity index (χ1) is 14.2. The van der Waals surface area contributed by atoms with Crippen LogP contribution >= 0.6 is 23.1 Å². The van der Waals surface area contributed by atoms with Gasteiger partial charge < -0.3 is 5.32 Å². The number of nitrogens with one attached hydrogen (secondary N) is 1. The normalized spacial score (nSPS) is 17.4. The van der Waals surface area contributed by atoms with E-state index in [1.807, 2.05) is 23.1 Å². The molecule has 2 aliphatic rings. The Morgan fingerprint density at radius 2 is 1.83 bits per heavy atom. The number of rotatable bonds is 6. The third-order valence-corrected chi connectivity index (χ3v) is 8.13. The van der Waals surface area contributed by atoms with Crippen LogP contribution in [0, 0.1) is 5.82 Å². The summed E-state index contributed by atoms with van der Waals surface area (Å²) in [5.41, 5.74) is 2.26. The molecule has 0 saturated heterocycles. The Labute approximate surface area is 179 Å². The van der Waals surface area contributed by atoms with Gasteiger partial charge in [0, 0.05) is 33.5 Å². The van der Waals surface area contributed by atoms with E-state index in [0.29, 0.717) is 11.7 Å². The lowest BCUT2D eigenvalue weighted by Gasteiger charge is -2.18. The summed E-state index contributed by atoms with van der Waals surface area (Å²) in [5, 5.41) is 5.32. The first kappa shape index (κ1) is 19.1. The Balaban J connectivity index is 1.41. The van der Waals surface area contributed by atoms with Crippen molar-refractivity contribution in [3.63, 3.8) is 0 Å². The quantitative estimate of drug-likeness (QED) is 0.447. The molecule has 3 nitrogen and oxygen atoms in total. The summed E-state index contributed by atoms with van der Waals surface area (Å²) < 4.78 is 13.1. The number of pyridine rings is 1. The van der Waals surface area contributed by atoms with Gasteiger partial charge in [0.2, 0.25) is 0 Å². The fourth-order valence-corrected chi connectivity index (χ4v) is 6.24. The van der Waals surface area contributed by atoms with Crippen LogP contribution in [-0.2, 0) is 0 Å². The summed E-state index contributed by atoms with van der Waals surface area (Å²) in [5.74, 6) is 0.973. The summed E-state index contributed by atoms with van der Waals surface area (Å²) in [7, 11) is 0. The highest BCUT2D eigenvalue weighted by Crippen LogP contribution is 2.46. The van der Waals surface area contributed by atoms with Crippen molar-refractivity contribution >= 4 is 34.6 Å². The molecule has 2 saturated carbocycles. The molecule has 6 heteroatoms. The van der Waals surface area contributed by atoms with E-state index in [1.54, 1.807) is 6.07 Å². The van der Waals surface area contributed by atoms with Crippen molar-refractivity contribution in [1.29, 1.82) is 0 Å². The van der Waals surface area contributed by atoms with E-state index in [0.717, 1.165) is 10.9 Å². The zero-order chi connectivity index (χ0) is 19.6. The molecule has 0 bridgehead atoms. The molecule has 150 valence electrons. The maximum Gasteiger partial charge on any atom is 0.141 e. The Kier molecular flexibility index (Phi) is 5.55. The lowest BCUT2D eigenvalue weighted by Crippen LogP contribution is -2.03. The first-order valence-electron chi connectivity index (χ1n) is 10.4. The van der Waals surface area contributed by atoms with Gasteiger partial charge in [-0.2, -0.15) is 0 Å². The van der Waals surface area contributed by atoms with Gasteiger partial charge in [-0.1, -0.05) is 25.3 Å². The van der Waals surface area contributed by atoms with Crippen molar-refractivity contribution in [3.05, 3.63) is 53.6 Å². The number of thioether (sulfide) groups is 1. The summed E-state index contributed by atoms with van der Waals surface area (Å²) in [6.07, 6.45) is 12.5. The van der Waals surface area contributed by atoms with E-state index in [9.17, 15) is 4.39 Å². The molecular weight excluding hydrogens is 401 g/mol. The molecule has 0 unspecified atom stereocenters. The molecule has 1 N–H and O–H groups in total. The number of anilines is 2. The third-order valence-electron chi connectivity index (χ3n) is 5.54. The molecule has 29 heavy (non-hydrogen) atoms. The van der Waals surface area contributed by atoms with Crippen molar-refractivity contribution in [1.82, 2.24) is 9.97 Å². The molecule has 2 aromatic heterocycles. The number of benzene rings is 1. The molecule has 1 aromatic carbocycles. The molecule has 0 amide bonds. The highest BCUT2D eigenvalue weighted by molar-refractivity contribution is 8.00. The third kappa shape index (κ3) is 4.64. The number of nitrogens with zero attached hydrogens (tertiary/aromatic N) is 2. The zero-order valence-corrected chi connectivity index (χ0v) is 17.9. The Morgan fingerprint density at radius 3 is 2.59 bits per heavy atom. The van der Waals surface area contributed by atoms with Gasteiger partial charge >= 0.3 is 0 Å². The standard InChI is InChI=1S/C23H24FN3S2/c24-16-6-11-22(25-13-16)27-17-7-10-19(20(12-17)28-18-8-9-18)21-14-26-23(29-21)15-4-2-1-3-5-15/h6-7,10-15,18H,1-5,8-9H2,(H,25,27). The van der Waals surface area contributed by atoms with Gasteiger partial charge in [0.25, 0.3) is 0 Å². The lowest BCUT2D eigenvalue weighted by molar-refractivity contribution is 0.442. The maximum atomic E-state index is 13.1. The molecule has 0 aliphatic heterocycles. The SMILES string of the molecule is Fc1ccc(Nc2ccc(-c3cnc(C4CCCCC4)s3)c(SC3CC3)c2)nc1. The van der Waals surface area contributed by atoms with Crippen LogP contribution < -0.4 is 5.32 Å². The predicted octanol–water partition coefficient (Wildman–Crippen LogP) is 7.39. The first-order valence-corrected chi connectivity index (χ1v) is 12.1. The van der Waals surface area contributed by atoms with Crippen molar-refractivity contribution in [3.8, 4) is 10.4 Å². The monoisotopic (exact) mass is 425 g/mol. The summed E-state index contributed by atoms with van der Waals surface area (Å²) in [6.45, 7) is 0. The summed E-state index contributed by atoms with van der Waals surface area (Å²) in [4.78, 5) is 11.5. The topological polar surface area (TPSA) is 37.8 Å². The predicted molar refractivity (Wildman–Crippen MR) is 120 cm³/mol. The zero-order valence-electron chi connectivity index (χ0n) is 16.2. The fourth-order valence-electron chi connectivity index (χ4n) is 3.81. The Morgan fingerprint density at radius 1 is 0.966 bits per heavy atom. The molecule has 0 atom stereocenters. The molecule has 2 heterocycles. The lowest BCUT2D eigenvalue weighted by atomic mass is 9.90. The van der Waals surface area contributed by atoms with Crippen LogP contribution in [0.15, 0.2) is 47.6 Å². The summed E-state index contributed by atoms with van der Waals surface area (Å²) in [6, 6.07) is 9.56. The Hall–Kier alpha value is -1.92. The molecule has 2 aliphatic carbocycles. The van der Waals surface area contributed by atoms with Gasteiger partial charge in [0.15, 0.2) is 0 Å². The van der Waals surface area contributed by atoms with Gasteiger partial charge in [-0.3, -0.25) is 0 Å². The van der Waals surface area contributed by atoms with Crippen LogP contribution in [0.25, 0.3) is 10.4 Å². The van der Waals surface area contributed by atoms with Gasteiger partial charge in [-0.05, 0) is 49.9 Å². The molecule has 0 radical (unpaired) electrons. The smallest absolute Gasteiger partial charge is 0.141 e. The van der Waals surface area contributed by atoms with Crippen LogP contribution in [0.4, 0.5) is 15.9 Å². The fraction of sp³-hybridized carbons (Fsp3) is 0.391. The van der Waals surface area contributed by atoms with Crippen molar-refractivity contribution < 1.29 is 4.39 Å². The van der Waals surface area contributed by atoms with Crippen LogP contribution in [0.3, 0.4) is 0 Å². The van der Waals surface area contributed by atoms with Crippen LogP contribution in [0.1, 0.15) is 55.9 Å². The highest BCUT2D eigenvalue weighted by atomic mass is 32.2. The number of hydrogen-bond donors (Lipinski definition) is 1. The minimum absolute atomic E-state index is 0.324. The van der Waals surface area contributed by atoms with Gasteiger partial charge in [-0.15, -0.1) is 23.1 Å². The second-order valence-electron chi connectivity index (χ2n) is 7.91. The van der Waals surface area contributed by atoms with E-state index >= 15 is 0 Å². The van der Waals surface area contributed by atoms with Crippen LogP contribution in [0.2, 0.25) is 0 Å². The van der Waals surface area contributed by atoms with Gasteiger partial charge in [0.1, 0.15) is 11.6 Å². The molecule has 5 rings (SSSR count). The van der Waals surface area contributed by atoms with Crippen molar-refractivity contribution in [2.24, 2.45) is 0 Å². The minimum atomic E-state index is -0.324. The number of halogens is 1. The molecule has 2 fully saturated rings. The van der Waals surface area contributed by atoms with Gasteiger partial charge in [-0.25, -0.2) is 14.4 Å². The van der Waals surface area contributed by atoms with Gasteiger partial charge in [0.05, 0.1) is 16.1 Å². The molecular formula is C23H24FN3S2. The van der Waals surface area contributed by atoms with Crippen LogP contribution in [-0.4, -0.2) is 15.2 Å². The number of aromatic nitrogens is 2. The average Bonchev–Trinajstić information content (AvgIpc) is 3.43. The van der Waals surface area contributed by atoms with E-state index in [4.69, 9.17) is 4.98 Å². The maximum absolute atomic E-state index is 13.1. The van der Waals surface area contributed by atoms with Crippen molar-refractivity contribution in [2.75, 3.05) is 5.32 Å². The Bertz CT molecular complexity index is 976. The number of hydrogen-bond acceptors (Lipinski definition) is 5. The minimum Gasteiger partial charge on any atom is -0.340 e. The largest absolute Gasteiger partial charge is 0.340 e. The van der Waals surface area contributed by atoms with E-state index in [-0.39, 0.29) is 5.82 Å². The van der Waals surface area contributed by atoms with Crippen molar-refractivity contribution in [2.45, 2.75) is 61.0 Å². The second kappa shape index (κ2) is 8.44. The second-order valence-corrected chi connectivity index (χ2v) is 10.3. The van der Waals surface area contributed by atoms with Crippen LogP contribution in [0.5, 0.6) is 0 Å².